The van der Waals surface area contributed by atoms with Crippen molar-refractivity contribution in [2.45, 2.75) is 76.1 Å². The molecule has 2 heterocycles. The zero-order chi connectivity index (χ0) is 16.7. The van der Waals surface area contributed by atoms with Gasteiger partial charge in [-0.3, -0.25) is 0 Å². The monoisotopic (exact) mass is 337 g/mol. The quantitative estimate of drug-likeness (QED) is 0.627. The molecule has 0 spiro atoms. The van der Waals surface area contributed by atoms with Crippen LogP contribution in [0, 0.1) is 0 Å². The fourth-order valence-electron chi connectivity index (χ4n) is 2.89. The van der Waals surface area contributed by atoms with Gasteiger partial charge in [0.15, 0.2) is 0 Å². The summed E-state index contributed by atoms with van der Waals surface area (Å²) >= 11 is 6.13. The van der Waals surface area contributed by atoms with Gasteiger partial charge in [0.25, 0.3) is 0 Å². The molecule has 0 aromatic carbocycles. The second-order valence-electron chi connectivity index (χ2n) is 7.51. The van der Waals surface area contributed by atoms with E-state index < -0.39 is 0 Å². The molecule has 1 saturated carbocycles. The molecule has 1 aliphatic heterocycles. The Morgan fingerprint density at radius 3 is 2.22 bits per heavy atom. The van der Waals surface area contributed by atoms with Crippen molar-refractivity contribution >= 4 is 24.2 Å². The fourth-order valence-corrected chi connectivity index (χ4v) is 3.14. The molecular formula is C17H25BClNO3. The Balaban J connectivity index is 1.62. The molecule has 126 valence electrons. The Labute approximate surface area is 144 Å². The van der Waals surface area contributed by atoms with Gasteiger partial charge in [0.1, 0.15) is 6.10 Å². The molecule has 6 heteroatoms. The summed E-state index contributed by atoms with van der Waals surface area (Å²) in [5, 5.41) is 0.300. The van der Waals surface area contributed by atoms with Crippen molar-refractivity contribution < 1.29 is 14.0 Å². The first-order valence-electron chi connectivity index (χ1n) is 8.39. The van der Waals surface area contributed by atoms with Crippen LogP contribution in [0.3, 0.4) is 0 Å². The van der Waals surface area contributed by atoms with Crippen molar-refractivity contribution in [3.8, 4) is 5.88 Å². The number of aromatic nitrogens is 1. The predicted molar refractivity (Wildman–Crippen MR) is 92.5 cm³/mol. The first-order valence-corrected chi connectivity index (χ1v) is 8.83. The maximum absolute atomic E-state index is 6.13. The van der Waals surface area contributed by atoms with Crippen molar-refractivity contribution in [2.24, 2.45) is 0 Å². The zero-order valence-electron chi connectivity index (χ0n) is 14.3. The van der Waals surface area contributed by atoms with Gasteiger partial charge in [-0.25, -0.2) is 4.98 Å². The number of hydrogen-bond acceptors (Lipinski definition) is 4. The highest BCUT2D eigenvalue weighted by atomic mass is 35.5. The van der Waals surface area contributed by atoms with Crippen molar-refractivity contribution in [1.82, 2.24) is 4.98 Å². The third kappa shape index (κ3) is 3.67. The van der Waals surface area contributed by atoms with Crippen molar-refractivity contribution in [2.75, 3.05) is 0 Å². The molecule has 2 fully saturated rings. The fraction of sp³-hybridized carbons (Fsp3) is 0.706. The standard InChI is InChI=1S/C17H25BClNO3/c1-16(2)17(3,4)23-18(22-16)12-5-10-15(20-11-12)21-14-8-6-13(19)7-9-14/h5,10-11,13-14H,6-9H2,1-4H3/t13-,14-. The van der Waals surface area contributed by atoms with Gasteiger partial charge in [-0.1, -0.05) is 6.07 Å². The number of hydrogen-bond donors (Lipinski definition) is 0. The summed E-state index contributed by atoms with van der Waals surface area (Å²) in [4.78, 5) is 4.42. The Hall–Kier alpha value is -0.775. The molecule has 3 rings (SSSR count). The molecule has 0 radical (unpaired) electrons. The summed E-state index contributed by atoms with van der Waals surface area (Å²) in [6.07, 6.45) is 6.02. The van der Waals surface area contributed by atoms with E-state index in [1.165, 1.54) is 0 Å². The van der Waals surface area contributed by atoms with Gasteiger partial charge < -0.3 is 14.0 Å². The average Bonchev–Trinajstić information content (AvgIpc) is 2.71. The van der Waals surface area contributed by atoms with Crippen LogP contribution in [-0.2, 0) is 9.31 Å². The van der Waals surface area contributed by atoms with E-state index in [2.05, 4.69) is 4.98 Å². The van der Waals surface area contributed by atoms with Crippen LogP contribution < -0.4 is 10.2 Å². The van der Waals surface area contributed by atoms with Crippen LogP contribution in [-0.4, -0.2) is 34.8 Å². The molecule has 4 nitrogen and oxygen atoms in total. The Bertz CT molecular complexity index is 525. The van der Waals surface area contributed by atoms with Crippen molar-refractivity contribution in [3.63, 3.8) is 0 Å². The minimum absolute atomic E-state index is 0.222. The predicted octanol–water partition coefficient (Wildman–Crippen LogP) is 3.31. The molecule has 23 heavy (non-hydrogen) atoms. The molecule has 0 bridgehead atoms. The van der Waals surface area contributed by atoms with Gasteiger partial charge in [-0.15, -0.1) is 11.6 Å². The molecule has 0 amide bonds. The van der Waals surface area contributed by atoms with Gasteiger partial charge in [0, 0.05) is 17.0 Å². The number of halogens is 1. The third-order valence-electron chi connectivity index (χ3n) is 5.18. The van der Waals surface area contributed by atoms with Gasteiger partial charge >= 0.3 is 7.12 Å². The van der Waals surface area contributed by atoms with E-state index in [1.807, 2.05) is 39.8 Å². The van der Waals surface area contributed by atoms with Crippen LogP contribution in [0.1, 0.15) is 53.4 Å². The minimum Gasteiger partial charge on any atom is -0.474 e. The first kappa shape index (κ1) is 17.1. The minimum atomic E-state index is -0.381. The highest BCUT2D eigenvalue weighted by molar-refractivity contribution is 6.62. The molecule has 1 aliphatic carbocycles. The summed E-state index contributed by atoms with van der Waals surface area (Å²) in [5.74, 6) is 0.656. The van der Waals surface area contributed by atoms with Crippen molar-refractivity contribution in [1.29, 1.82) is 0 Å². The maximum Gasteiger partial charge on any atom is 0.496 e. The molecular weight excluding hydrogens is 312 g/mol. The van der Waals surface area contributed by atoms with E-state index in [9.17, 15) is 0 Å². The third-order valence-corrected chi connectivity index (χ3v) is 5.61. The Kier molecular flexibility index (Phi) is 4.65. The number of pyridine rings is 1. The normalized spacial score (nSPS) is 29.5. The van der Waals surface area contributed by atoms with Crippen LogP contribution in [0.25, 0.3) is 0 Å². The highest BCUT2D eigenvalue weighted by Crippen LogP contribution is 2.36. The van der Waals surface area contributed by atoms with E-state index in [1.54, 1.807) is 6.20 Å². The summed E-state index contributed by atoms with van der Waals surface area (Å²) in [5.41, 5.74) is 0.237. The van der Waals surface area contributed by atoms with Crippen LogP contribution in [0.15, 0.2) is 18.3 Å². The van der Waals surface area contributed by atoms with Gasteiger partial charge in [0.2, 0.25) is 5.88 Å². The molecule has 1 aromatic heterocycles. The number of nitrogens with zero attached hydrogens (tertiary/aromatic N) is 1. The smallest absolute Gasteiger partial charge is 0.474 e. The summed E-state index contributed by atoms with van der Waals surface area (Å²) in [6, 6.07) is 3.87. The Morgan fingerprint density at radius 2 is 1.70 bits per heavy atom. The topological polar surface area (TPSA) is 40.6 Å². The molecule has 1 aromatic rings. The first-order chi connectivity index (χ1) is 10.8. The van der Waals surface area contributed by atoms with Crippen LogP contribution in [0.4, 0.5) is 0 Å². The average molecular weight is 338 g/mol. The number of ether oxygens (including phenoxy) is 1. The summed E-state index contributed by atoms with van der Waals surface area (Å²) in [6.45, 7) is 8.19. The largest absolute Gasteiger partial charge is 0.496 e. The van der Waals surface area contributed by atoms with Gasteiger partial charge in [-0.05, 0) is 59.4 Å². The van der Waals surface area contributed by atoms with E-state index >= 15 is 0 Å². The molecule has 0 N–H and O–H groups in total. The lowest BCUT2D eigenvalue weighted by Crippen LogP contribution is -2.41. The lowest BCUT2D eigenvalue weighted by atomic mass is 9.80. The number of rotatable bonds is 3. The van der Waals surface area contributed by atoms with Crippen LogP contribution in [0.2, 0.25) is 0 Å². The van der Waals surface area contributed by atoms with E-state index in [0.717, 1.165) is 31.1 Å². The second-order valence-corrected chi connectivity index (χ2v) is 8.13. The lowest BCUT2D eigenvalue weighted by molar-refractivity contribution is 0.00578. The van der Waals surface area contributed by atoms with Crippen molar-refractivity contribution in [3.05, 3.63) is 18.3 Å². The lowest BCUT2D eigenvalue weighted by Gasteiger charge is -2.32. The summed E-state index contributed by atoms with van der Waals surface area (Å²) in [7, 11) is -0.381. The molecule has 0 unspecified atom stereocenters. The molecule has 0 atom stereocenters. The van der Waals surface area contributed by atoms with E-state index in [0.29, 0.717) is 11.3 Å². The van der Waals surface area contributed by atoms with Gasteiger partial charge in [-0.2, -0.15) is 0 Å². The number of alkyl halides is 1. The van der Waals surface area contributed by atoms with Crippen LogP contribution >= 0.6 is 11.6 Å². The summed E-state index contributed by atoms with van der Waals surface area (Å²) < 4.78 is 18.0. The molecule has 1 saturated heterocycles. The Morgan fingerprint density at radius 1 is 1.09 bits per heavy atom. The van der Waals surface area contributed by atoms with Crippen LogP contribution in [0.5, 0.6) is 5.88 Å². The maximum atomic E-state index is 6.13. The second kappa shape index (κ2) is 6.27. The highest BCUT2D eigenvalue weighted by Gasteiger charge is 2.51. The van der Waals surface area contributed by atoms with E-state index in [4.69, 9.17) is 25.6 Å². The molecule has 2 aliphatic rings. The van der Waals surface area contributed by atoms with Gasteiger partial charge in [0.05, 0.1) is 11.2 Å². The SMILES string of the molecule is CC1(C)OB(c2ccc(O[C@H]3CC[C@H](Cl)CC3)nc2)OC1(C)C. The zero-order valence-corrected chi connectivity index (χ0v) is 15.1. The van der Waals surface area contributed by atoms with E-state index in [-0.39, 0.29) is 24.4 Å².